The molecule has 0 aliphatic carbocycles. The third-order valence-electron chi connectivity index (χ3n) is 3.57. The Labute approximate surface area is 106 Å². The van der Waals surface area contributed by atoms with Crippen LogP contribution in [0.2, 0.25) is 0 Å². The average Bonchev–Trinajstić information content (AvgIpc) is 2.37. The Morgan fingerprint density at radius 2 is 1.89 bits per heavy atom. The van der Waals surface area contributed by atoms with E-state index in [0.29, 0.717) is 12.5 Å². The summed E-state index contributed by atoms with van der Waals surface area (Å²) < 4.78 is 0. The van der Waals surface area contributed by atoms with E-state index in [2.05, 4.69) is 6.07 Å². The summed E-state index contributed by atoms with van der Waals surface area (Å²) in [5, 5.41) is 2.27. The van der Waals surface area contributed by atoms with Crippen LogP contribution in [-0.2, 0) is 0 Å². The second-order valence-corrected chi connectivity index (χ2v) is 4.87. The molecule has 1 saturated heterocycles. The number of hydrogen-bond donors (Lipinski definition) is 1. The zero-order chi connectivity index (χ0) is 12.5. The number of amides is 1. The highest BCUT2D eigenvalue weighted by atomic mass is 16.2. The summed E-state index contributed by atoms with van der Waals surface area (Å²) in [5.41, 5.74) is 6.34. The van der Waals surface area contributed by atoms with Crippen LogP contribution in [-0.4, -0.2) is 30.4 Å². The van der Waals surface area contributed by atoms with Gasteiger partial charge in [0, 0.05) is 24.6 Å². The number of rotatable bonds is 2. The molecule has 3 nitrogen and oxygen atoms in total. The molecule has 0 spiro atoms. The number of carbonyl (C=O) groups excluding carboxylic acids is 1. The van der Waals surface area contributed by atoms with Gasteiger partial charge in [-0.25, -0.2) is 0 Å². The lowest BCUT2D eigenvalue weighted by Gasteiger charge is -2.38. The number of carbonyl (C=O) groups is 1. The molecule has 92 valence electrons. The van der Waals surface area contributed by atoms with Crippen LogP contribution in [0.15, 0.2) is 42.5 Å². The van der Waals surface area contributed by atoms with Crippen molar-refractivity contribution in [3.8, 4) is 0 Å². The molecule has 2 aromatic rings. The van der Waals surface area contributed by atoms with E-state index in [1.165, 1.54) is 0 Å². The van der Waals surface area contributed by atoms with Crippen molar-refractivity contribution < 1.29 is 4.79 Å². The Morgan fingerprint density at radius 1 is 1.17 bits per heavy atom. The fourth-order valence-electron chi connectivity index (χ4n) is 2.39. The lowest BCUT2D eigenvalue weighted by Crippen LogP contribution is -2.52. The lowest BCUT2D eigenvalue weighted by molar-refractivity contribution is 0.0515. The standard InChI is InChI=1S/C15H16N2O/c16-8-11-9-17(10-11)15(18)14-6-5-12-3-1-2-4-13(12)7-14/h1-7,11H,8-10,16H2. The molecule has 0 unspecified atom stereocenters. The van der Waals surface area contributed by atoms with Gasteiger partial charge in [0.15, 0.2) is 0 Å². The Morgan fingerprint density at radius 3 is 2.61 bits per heavy atom. The Balaban J connectivity index is 1.84. The number of fused-ring (bicyclic) bond motifs is 1. The fourth-order valence-corrected chi connectivity index (χ4v) is 2.39. The van der Waals surface area contributed by atoms with Gasteiger partial charge in [-0.05, 0) is 29.4 Å². The highest BCUT2D eigenvalue weighted by Crippen LogP contribution is 2.21. The quantitative estimate of drug-likeness (QED) is 0.871. The van der Waals surface area contributed by atoms with Gasteiger partial charge < -0.3 is 10.6 Å². The van der Waals surface area contributed by atoms with Crippen molar-refractivity contribution in [1.82, 2.24) is 4.90 Å². The van der Waals surface area contributed by atoms with Crippen molar-refractivity contribution in [2.45, 2.75) is 0 Å². The molecule has 3 rings (SSSR count). The summed E-state index contributed by atoms with van der Waals surface area (Å²) in [6.45, 7) is 2.26. The molecule has 1 aliphatic heterocycles. The highest BCUT2D eigenvalue weighted by molar-refractivity contribution is 5.98. The van der Waals surface area contributed by atoms with Gasteiger partial charge in [-0.15, -0.1) is 0 Å². The monoisotopic (exact) mass is 240 g/mol. The largest absolute Gasteiger partial charge is 0.338 e. The summed E-state index contributed by atoms with van der Waals surface area (Å²) in [6.07, 6.45) is 0. The second-order valence-electron chi connectivity index (χ2n) is 4.87. The molecule has 0 saturated carbocycles. The maximum absolute atomic E-state index is 12.2. The molecule has 0 aromatic heterocycles. The summed E-state index contributed by atoms with van der Waals surface area (Å²) >= 11 is 0. The minimum Gasteiger partial charge on any atom is -0.338 e. The first-order valence-corrected chi connectivity index (χ1v) is 6.26. The first kappa shape index (κ1) is 11.2. The van der Waals surface area contributed by atoms with Gasteiger partial charge in [-0.3, -0.25) is 4.79 Å². The van der Waals surface area contributed by atoms with E-state index in [1.54, 1.807) is 0 Å². The Bertz CT molecular complexity index is 588. The van der Waals surface area contributed by atoms with E-state index in [-0.39, 0.29) is 5.91 Å². The number of nitrogens with zero attached hydrogens (tertiary/aromatic N) is 1. The summed E-state index contributed by atoms with van der Waals surface area (Å²) in [5.74, 6) is 0.597. The smallest absolute Gasteiger partial charge is 0.253 e. The second kappa shape index (κ2) is 4.42. The van der Waals surface area contributed by atoms with Gasteiger partial charge in [0.05, 0.1) is 0 Å². The lowest BCUT2D eigenvalue weighted by atomic mass is 9.98. The van der Waals surface area contributed by atoms with Crippen LogP contribution in [0.5, 0.6) is 0 Å². The van der Waals surface area contributed by atoms with Crippen molar-refractivity contribution in [3.63, 3.8) is 0 Å². The molecule has 0 bridgehead atoms. The summed E-state index contributed by atoms with van der Waals surface area (Å²) in [4.78, 5) is 14.1. The summed E-state index contributed by atoms with van der Waals surface area (Å²) in [6, 6.07) is 14.0. The van der Waals surface area contributed by atoms with Crippen molar-refractivity contribution in [2.24, 2.45) is 11.7 Å². The van der Waals surface area contributed by atoms with Crippen LogP contribution in [0.1, 0.15) is 10.4 Å². The number of benzene rings is 2. The zero-order valence-corrected chi connectivity index (χ0v) is 10.2. The molecule has 18 heavy (non-hydrogen) atoms. The SMILES string of the molecule is NCC1CN(C(=O)c2ccc3ccccc3c2)C1. The molecular formula is C15H16N2O. The van der Waals surface area contributed by atoms with Crippen molar-refractivity contribution in [3.05, 3.63) is 48.0 Å². The Kier molecular flexibility index (Phi) is 2.76. The summed E-state index contributed by atoms with van der Waals surface area (Å²) in [7, 11) is 0. The van der Waals surface area contributed by atoms with Crippen LogP contribution in [0.25, 0.3) is 10.8 Å². The Hall–Kier alpha value is -1.87. The van der Waals surface area contributed by atoms with Crippen molar-refractivity contribution in [2.75, 3.05) is 19.6 Å². The molecule has 1 amide bonds. The highest BCUT2D eigenvalue weighted by Gasteiger charge is 2.29. The number of nitrogens with two attached hydrogens (primary N) is 1. The normalized spacial score (nSPS) is 15.7. The molecular weight excluding hydrogens is 224 g/mol. The molecule has 2 N–H and O–H groups in total. The number of hydrogen-bond acceptors (Lipinski definition) is 2. The minimum absolute atomic E-state index is 0.116. The molecule has 1 heterocycles. The van der Waals surface area contributed by atoms with Crippen molar-refractivity contribution >= 4 is 16.7 Å². The topological polar surface area (TPSA) is 46.3 Å². The molecule has 0 radical (unpaired) electrons. The predicted molar refractivity (Wildman–Crippen MR) is 72.4 cm³/mol. The van der Waals surface area contributed by atoms with Gasteiger partial charge in [0.2, 0.25) is 0 Å². The van der Waals surface area contributed by atoms with Crippen LogP contribution < -0.4 is 5.73 Å². The first-order chi connectivity index (χ1) is 8.78. The first-order valence-electron chi connectivity index (χ1n) is 6.26. The van der Waals surface area contributed by atoms with E-state index in [9.17, 15) is 4.79 Å². The zero-order valence-electron chi connectivity index (χ0n) is 10.2. The molecule has 2 aromatic carbocycles. The fraction of sp³-hybridized carbons (Fsp3) is 0.267. The molecule has 0 atom stereocenters. The molecule has 3 heteroatoms. The van der Waals surface area contributed by atoms with Crippen LogP contribution in [0, 0.1) is 5.92 Å². The van der Waals surface area contributed by atoms with Gasteiger partial charge in [-0.2, -0.15) is 0 Å². The maximum Gasteiger partial charge on any atom is 0.253 e. The third-order valence-corrected chi connectivity index (χ3v) is 3.57. The van der Waals surface area contributed by atoms with E-state index >= 15 is 0 Å². The maximum atomic E-state index is 12.2. The third kappa shape index (κ3) is 1.87. The van der Waals surface area contributed by atoms with Gasteiger partial charge in [0.25, 0.3) is 5.91 Å². The number of likely N-dealkylation sites (tertiary alicyclic amines) is 1. The van der Waals surface area contributed by atoms with Gasteiger partial charge >= 0.3 is 0 Å². The predicted octanol–water partition coefficient (Wildman–Crippen LogP) is 1.87. The van der Waals surface area contributed by atoms with E-state index < -0.39 is 0 Å². The van der Waals surface area contributed by atoms with Crippen molar-refractivity contribution in [1.29, 1.82) is 0 Å². The van der Waals surface area contributed by atoms with Crippen LogP contribution >= 0.6 is 0 Å². The van der Waals surface area contributed by atoms with E-state index in [1.807, 2.05) is 41.3 Å². The molecule has 1 aliphatic rings. The van der Waals surface area contributed by atoms with E-state index in [4.69, 9.17) is 5.73 Å². The van der Waals surface area contributed by atoms with Crippen LogP contribution in [0.4, 0.5) is 0 Å². The van der Waals surface area contributed by atoms with E-state index in [0.717, 1.165) is 29.4 Å². The minimum atomic E-state index is 0.116. The van der Waals surface area contributed by atoms with Crippen LogP contribution in [0.3, 0.4) is 0 Å². The average molecular weight is 240 g/mol. The van der Waals surface area contributed by atoms with Gasteiger partial charge in [-0.1, -0.05) is 30.3 Å². The molecule has 1 fully saturated rings. The van der Waals surface area contributed by atoms with Gasteiger partial charge in [0.1, 0.15) is 0 Å².